The van der Waals surface area contributed by atoms with E-state index < -0.39 is 41.0 Å². The van der Waals surface area contributed by atoms with Gasteiger partial charge in [0.05, 0.1) is 32.0 Å². The smallest absolute Gasteiger partial charge is 0.408 e. The van der Waals surface area contributed by atoms with Gasteiger partial charge in [0.1, 0.15) is 11.5 Å². The molecule has 0 spiro atoms. The molecule has 2 amide bonds. The number of hydrogen-bond donors (Lipinski definition) is 1. The molecule has 1 aliphatic heterocycles. The van der Waals surface area contributed by atoms with Crippen LogP contribution in [-0.2, 0) is 35.9 Å². The van der Waals surface area contributed by atoms with Gasteiger partial charge in [0.25, 0.3) is 5.91 Å². The summed E-state index contributed by atoms with van der Waals surface area (Å²) in [5.74, 6) is -3.61. The summed E-state index contributed by atoms with van der Waals surface area (Å²) in [6, 6.07) is 22.5. The first-order valence-electron chi connectivity index (χ1n) is 12.7. The summed E-state index contributed by atoms with van der Waals surface area (Å²) in [6.45, 7) is 5.24. The van der Waals surface area contributed by atoms with Crippen molar-refractivity contribution in [2.45, 2.75) is 44.4 Å². The Hall–Kier alpha value is -4.66. The lowest BCUT2D eigenvalue weighted by Crippen LogP contribution is -2.59. The molecule has 4 rings (SSSR count). The number of rotatable bonds is 7. The maximum Gasteiger partial charge on any atom is 0.408 e. The molecule has 40 heavy (non-hydrogen) atoms. The van der Waals surface area contributed by atoms with Gasteiger partial charge in [-0.15, -0.1) is 0 Å². The fourth-order valence-corrected chi connectivity index (χ4v) is 5.04. The van der Waals surface area contributed by atoms with Crippen LogP contribution in [0.15, 0.2) is 78.9 Å². The van der Waals surface area contributed by atoms with Gasteiger partial charge in [-0.1, -0.05) is 66.7 Å². The van der Waals surface area contributed by atoms with E-state index in [9.17, 15) is 19.2 Å². The first-order chi connectivity index (χ1) is 19.0. The standard InChI is InChI=1S/C31H32N2O7/c1-30(2,3)40-29(37)32-31(25(27(35)39-5)21-15-9-10-16-22(21)26(34)38-4)23-17-11-12-18-24(23)33(28(31)36)19-20-13-7-6-8-14-20/h6-18,25H,19H2,1-5H3,(H,32,37)/t25-,31-/m0/s1. The van der Waals surface area contributed by atoms with E-state index in [2.05, 4.69) is 5.32 Å². The molecule has 0 saturated carbocycles. The molecule has 9 heteroatoms. The van der Waals surface area contributed by atoms with E-state index in [-0.39, 0.29) is 17.7 Å². The molecule has 9 nitrogen and oxygen atoms in total. The number of hydrogen-bond acceptors (Lipinski definition) is 7. The highest BCUT2D eigenvalue weighted by Crippen LogP contribution is 2.50. The van der Waals surface area contributed by atoms with E-state index in [1.54, 1.807) is 63.2 Å². The second-order valence-electron chi connectivity index (χ2n) is 10.4. The van der Waals surface area contributed by atoms with Crippen LogP contribution < -0.4 is 10.2 Å². The van der Waals surface area contributed by atoms with Gasteiger partial charge < -0.3 is 24.4 Å². The van der Waals surface area contributed by atoms with Crippen LogP contribution in [0.25, 0.3) is 0 Å². The van der Waals surface area contributed by atoms with Gasteiger partial charge in [0, 0.05) is 5.56 Å². The molecule has 1 heterocycles. The van der Waals surface area contributed by atoms with Gasteiger partial charge in [-0.3, -0.25) is 9.59 Å². The van der Waals surface area contributed by atoms with E-state index in [1.165, 1.54) is 25.2 Å². The normalized spacial score (nSPS) is 17.0. The van der Waals surface area contributed by atoms with Crippen LogP contribution in [0, 0.1) is 0 Å². The molecule has 3 aromatic carbocycles. The van der Waals surface area contributed by atoms with E-state index >= 15 is 0 Å². The number of benzene rings is 3. The maximum atomic E-state index is 14.7. The van der Waals surface area contributed by atoms with Crippen LogP contribution in [0.3, 0.4) is 0 Å². The minimum Gasteiger partial charge on any atom is -0.468 e. The van der Waals surface area contributed by atoms with Crippen molar-refractivity contribution in [1.82, 2.24) is 5.32 Å². The zero-order valence-electron chi connectivity index (χ0n) is 23.1. The number of nitrogens with zero attached hydrogens (tertiary/aromatic N) is 1. The van der Waals surface area contributed by atoms with Crippen molar-refractivity contribution in [3.8, 4) is 0 Å². The van der Waals surface area contributed by atoms with Gasteiger partial charge in [-0.05, 0) is 44.0 Å². The Morgan fingerprint density at radius 1 is 0.875 bits per heavy atom. The number of methoxy groups -OCH3 is 2. The Labute approximate surface area is 233 Å². The van der Waals surface area contributed by atoms with Crippen LogP contribution in [0.2, 0.25) is 0 Å². The molecule has 0 aliphatic carbocycles. The maximum absolute atomic E-state index is 14.7. The Balaban J connectivity index is 2.01. The first kappa shape index (κ1) is 28.4. The number of para-hydroxylation sites is 1. The van der Waals surface area contributed by atoms with Crippen LogP contribution >= 0.6 is 0 Å². The van der Waals surface area contributed by atoms with Crippen molar-refractivity contribution in [2.75, 3.05) is 19.1 Å². The largest absolute Gasteiger partial charge is 0.468 e. The number of alkyl carbamates (subject to hydrolysis) is 1. The molecule has 1 N–H and O–H groups in total. The summed E-state index contributed by atoms with van der Waals surface area (Å²) in [4.78, 5) is 56.2. The van der Waals surface area contributed by atoms with Crippen molar-refractivity contribution in [1.29, 1.82) is 0 Å². The summed E-state index contributed by atoms with van der Waals surface area (Å²) >= 11 is 0. The molecule has 3 aromatic rings. The van der Waals surface area contributed by atoms with E-state index in [1.807, 2.05) is 30.3 Å². The van der Waals surface area contributed by atoms with Crippen LogP contribution in [0.4, 0.5) is 10.5 Å². The third kappa shape index (κ3) is 5.27. The lowest BCUT2D eigenvalue weighted by Gasteiger charge is -2.37. The number of nitrogens with one attached hydrogen (secondary N) is 1. The number of ether oxygens (including phenoxy) is 3. The zero-order valence-corrected chi connectivity index (χ0v) is 23.1. The summed E-state index contributed by atoms with van der Waals surface area (Å²) in [6.07, 6.45) is -0.915. The van der Waals surface area contributed by atoms with Crippen molar-refractivity contribution in [3.05, 3.63) is 101 Å². The minimum atomic E-state index is -2.02. The highest BCUT2D eigenvalue weighted by molar-refractivity contribution is 6.13. The fourth-order valence-electron chi connectivity index (χ4n) is 5.04. The van der Waals surface area contributed by atoms with Gasteiger partial charge in [-0.25, -0.2) is 9.59 Å². The molecule has 0 fully saturated rings. The predicted octanol–water partition coefficient (Wildman–Crippen LogP) is 4.70. The van der Waals surface area contributed by atoms with Crippen molar-refractivity contribution in [3.63, 3.8) is 0 Å². The zero-order chi connectivity index (χ0) is 29.1. The van der Waals surface area contributed by atoms with Gasteiger partial charge in [0.15, 0.2) is 5.54 Å². The highest BCUT2D eigenvalue weighted by Gasteiger charge is 2.61. The molecule has 0 radical (unpaired) electrons. The first-order valence-corrected chi connectivity index (χ1v) is 12.7. The number of esters is 2. The molecule has 1 aliphatic rings. The van der Waals surface area contributed by atoms with Gasteiger partial charge in [-0.2, -0.15) is 0 Å². The van der Waals surface area contributed by atoms with Crippen molar-refractivity contribution < 1.29 is 33.4 Å². The third-order valence-corrected chi connectivity index (χ3v) is 6.63. The predicted molar refractivity (Wildman–Crippen MR) is 148 cm³/mol. The SMILES string of the molecule is COC(=O)c1ccccc1[C@@H](C(=O)OC)[C@]1(NC(=O)OC(C)(C)C)C(=O)N(Cc2ccccc2)c2ccccc21. The molecule has 0 unspecified atom stereocenters. The lowest BCUT2D eigenvalue weighted by atomic mass is 9.73. The third-order valence-electron chi connectivity index (χ3n) is 6.63. The van der Waals surface area contributed by atoms with E-state index in [0.29, 0.717) is 11.3 Å². The van der Waals surface area contributed by atoms with Crippen molar-refractivity contribution >= 4 is 29.6 Å². The molecule has 208 valence electrons. The number of carbonyl (C=O) groups is 4. The van der Waals surface area contributed by atoms with Crippen LogP contribution in [-0.4, -0.2) is 43.8 Å². The summed E-state index contributed by atoms with van der Waals surface area (Å²) in [5, 5.41) is 2.76. The molecular formula is C31H32N2O7. The quantitative estimate of drug-likeness (QED) is 0.339. The average molecular weight is 545 g/mol. The number of carbonyl (C=O) groups excluding carboxylic acids is 4. The Kier molecular flexibility index (Phi) is 7.95. The topological polar surface area (TPSA) is 111 Å². The summed E-state index contributed by atoms with van der Waals surface area (Å²) < 4.78 is 15.8. The Morgan fingerprint density at radius 2 is 1.50 bits per heavy atom. The number of fused-ring (bicyclic) bond motifs is 1. The summed E-state index contributed by atoms with van der Waals surface area (Å²) in [7, 11) is 2.41. The monoisotopic (exact) mass is 544 g/mol. The molecule has 0 saturated heterocycles. The number of amides is 2. The average Bonchev–Trinajstić information content (AvgIpc) is 3.15. The molecule has 0 bridgehead atoms. The van der Waals surface area contributed by atoms with Crippen LogP contribution in [0.1, 0.15) is 53.7 Å². The van der Waals surface area contributed by atoms with E-state index in [4.69, 9.17) is 14.2 Å². The fraction of sp³-hybridized carbons (Fsp3) is 0.290. The molecule has 0 aromatic heterocycles. The molecule has 2 atom stereocenters. The van der Waals surface area contributed by atoms with E-state index in [0.717, 1.165) is 5.56 Å². The summed E-state index contributed by atoms with van der Waals surface area (Å²) in [5.41, 5.74) is -1.03. The van der Waals surface area contributed by atoms with Crippen molar-refractivity contribution in [2.24, 2.45) is 0 Å². The number of anilines is 1. The second kappa shape index (κ2) is 11.2. The second-order valence-corrected chi connectivity index (χ2v) is 10.4. The highest BCUT2D eigenvalue weighted by atomic mass is 16.6. The molecular weight excluding hydrogens is 512 g/mol. The lowest BCUT2D eigenvalue weighted by molar-refractivity contribution is -0.147. The Bertz CT molecular complexity index is 1430. The van der Waals surface area contributed by atoms with Gasteiger partial charge in [0.2, 0.25) is 0 Å². The van der Waals surface area contributed by atoms with Gasteiger partial charge >= 0.3 is 18.0 Å². The van der Waals surface area contributed by atoms with Crippen LogP contribution in [0.5, 0.6) is 0 Å². The minimum absolute atomic E-state index is 0.0533. The Morgan fingerprint density at radius 3 is 2.15 bits per heavy atom.